The number of aromatic amines is 2. The number of hydrogen-bond donors (Lipinski definition) is 5. The van der Waals surface area contributed by atoms with E-state index >= 15 is 0 Å². The number of rotatable bonds is 21. The molecule has 0 unspecified atom stereocenters. The van der Waals surface area contributed by atoms with E-state index in [9.17, 15) is 29.1 Å². The Morgan fingerprint density at radius 1 is 0.607 bits per heavy atom. The molecule has 1 saturated heterocycles. The molecule has 1 aliphatic heterocycles. The first-order valence-corrected chi connectivity index (χ1v) is 32.4. The summed E-state index contributed by atoms with van der Waals surface area (Å²) in [5.74, 6) is -0.108. The molecule has 17 nitrogen and oxygen atoms in total. The van der Waals surface area contributed by atoms with Gasteiger partial charge < -0.3 is 45.3 Å². The Morgan fingerprint density at radius 3 is 1.38 bits per heavy atom. The second-order valence-corrected chi connectivity index (χ2v) is 26.2. The summed E-state index contributed by atoms with van der Waals surface area (Å²) in [6.07, 6.45) is 13.8. The lowest BCUT2D eigenvalue weighted by molar-refractivity contribution is 0.0942. The lowest BCUT2D eigenvalue weighted by Gasteiger charge is -2.40. The van der Waals surface area contributed by atoms with Crippen LogP contribution < -0.4 is 31.6 Å². The number of aromatic nitrogens is 4. The van der Waals surface area contributed by atoms with Crippen molar-refractivity contribution in [3.63, 3.8) is 0 Å². The minimum atomic E-state index is -0.259. The molecule has 3 aliphatic rings. The molecule has 6 aromatic rings. The highest BCUT2D eigenvalue weighted by Crippen LogP contribution is 2.38. The van der Waals surface area contributed by atoms with Crippen molar-refractivity contribution in [1.82, 2.24) is 45.3 Å². The molecule has 2 aromatic carbocycles. The molecule has 5 N–H and O–H groups in total. The topological polar surface area (TPSA) is 203 Å². The lowest BCUT2D eigenvalue weighted by Crippen LogP contribution is -2.42. The molecule has 17 heteroatoms. The highest BCUT2D eigenvalue weighted by Gasteiger charge is 2.31. The highest BCUT2D eigenvalue weighted by atomic mass is 16.3. The van der Waals surface area contributed by atoms with Crippen LogP contribution in [0, 0.1) is 27.7 Å². The first-order chi connectivity index (χ1) is 42.5. The number of nitrogens with one attached hydrogen (secondary N) is 4. The minimum absolute atomic E-state index is 0.141. The van der Waals surface area contributed by atoms with Crippen LogP contribution in [0.3, 0.4) is 0 Å². The second kappa shape index (κ2) is 30.5. The van der Waals surface area contributed by atoms with E-state index in [-0.39, 0.29) is 54.0 Å². The Hall–Kier alpha value is -7.31. The zero-order valence-corrected chi connectivity index (χ0v) is 55.5. The fraction of sp³-hybridized carbons (Fsp3) is 0.514. The van der Waals surface area contributed by atoms with Crippen LogP contribution in [0.2, 0.25) is 0 Å². The molecule has 2 amide bonds. The molecule has 89 heavy (non-hydrogen) atoms. The Morgan fingerprint density at radius 2 is 1.03 bits per heavy atom. The van der Waals surface area contributed by atoms with E-state index in [4.69, 9.17) is 4.98 Å². The van der Waals surface area contributed by atoms with Gasteiger partial charge in [-0.05, 0) is 221 Å². The van der Waals surface area contributed by atoms with Crippen LogP contribution >= 0.6 is 0 Å². The largest absolute Gasteiger partial charge is 0.392 e. The summed E-state index contributed by atoms with van der Waals surface area (Å²) >= 11 is 0. The summed E-state index contributed by atoms with van der Waals surface area (Å²) in [6.45, 7) is 24.7. The normalized spacial score (nSPS) is 18.7. The SMILES string of the molecule is CCN(c1cc(-c2ccc(C=O)nc2)cc(C(=O)NCc2c(C(C)C)cc(C)[nH]c2=O)c1C)C1CCC(N(C)C)CC1.CCN(c1cc(-c2ccc(CN3CC[C@H](O)C3)nc2)cc(C(=O)NCc2c(C(C)C)cc(C)[nH]c2=O)c1C)C1CCC(N(C)C)CC1. The van der Waals surface area contributed by atoms with Crippen molar-refractivity contribution in [2.24, 2.45) is 0 Å². The van der Waals surface area contributed by atoms with Gasteiger partial charge in [0.15, 0.2) is 6.29 Å². The van der Waals surface area contributed by atoms with E-state index in [0.29, 0.717) is 65.2 Å². The first kappa shape index (κ1) is 67.6. The molecular weight excluding hydrogens is 1110 g/mol. The second-order valence-electron chi connectivity index (χ2n) is 26.2. The van der Waals surface area contributed by atoms with Gasteiger partial charge in [0, 0.05) is 139 Å². The van der Waals surface area contributed by atoms with Gasteiger partial charge in [0.1, 0.15) is 5.69 Å². The predicted molar refractivity (Wildman–Crippen MR) is 360 cm³/mol. The molecule has 2 aliphatic carbocycles. The molecular formula is C72H99N11O6. The number of pyridine rings is 4. The highest BCUT2D eigenvalue weighted by molar-refractivity contribution is 6.00. The summed E-state index contributed by atoms with van der Waals surface area (Å²) in [6, 6.07) is 21.9. The molecule has 0 radical (unpaired) electrons. The Labute approximate surface area is 528 Å². The third-order valence-electron chi connectivity index (χ3n) is 19.0. The van der Waals surface area contributed by atoms with Gasteiger partial charge >= 0.3 is 0 Å². The smallest absolute Gasteiger partial charge is 0.253 e. The Bertz CT molecular complexity index is 3520. The number of likely N-dealkylation sites (tertiary alicyclic amines) is 1. The summed E-state index contributed by atoms with van der Waals surface area (Å²) in [7, 11) is 8.64. The van der Waals surface area contributed by atoms with Gasteiger partial charge in [-0.3, -0.25) is 38.8 Å². The number of carbonyl (C=O) groups is 3. The third kappa shape index (κ3) is 16.6. The van der Waals surface area contributed by atoms with Crippen molar-refractivity contribution in [2.45, 2.75) is 189 Å². The molecule has 2 saturated carbocycles. The maximum Gasteiger partial charge on any atom is 0.253 e. The molecule has 0 bridgehead atoms. The summed E-state index contributed by atoms with van der Waals surface area (Å²) in [5, 5.41) is 16.1. The maximum atomic E-state index is 14.0. The van der Waals surface area contributed by atoms with Crippen LogP contribution in [0.25, 0.3) is 22.3 Å². The molecule has 5 heterocycles. The van der Waals surface area contributed by atoms with Crippen molar-refractivity contribution >= 4 is 29.5 Å². The number of aliphatic hydroxyl groups is 1. The van der Waals surface area contributed by atoms with Gasteiger partial charge in [-0.15, -0.1) is 0 Å². The molecule has 478 valence electrons. The Kier molecular flexibility index (Phi) is 23.1. The van der Waals surface area contributed by atoms with Crippen LogP contribution in [-0.2, 0) is 19.6 Å². The lowest BCUT2D eigenvalue weighted by atomic mass is 9.88. The molecule has 9 rings (SSSR count). The van der Waals surface area contributed by atoms with Crippen LogP contribution in [-0.4, -0.2) is 142 Å². The van der Waals surface area contributed by atoms with E-state index in [1.54, 1.807) is 12.3 Å². The minimum Gasteiger partial charge on any atom is -0.392 e. The van der Waals surface area contributed by atoms with Crippen molar-refractivity contribution in [3.8, 4) is 22.3 Å². The summed E-state index contributed by atoms with van der Waals surface area (Å²) in [5.41, 5.74) is 14.5. The third-order valence-corrected chi connectivity index (χ3v) is 19.0. The molecule has 3 fully saturated rings. The van der Waals surface area contributed by atoms with E-state index < -0.39 is 0 Å². The van der Waals surface area contributed by atoms with Crippen molar-refractivity contribution < 1.29 is 19.5 Å². The number of carbonyl (C=O) groups excluding carboxylic acids is 3. The number of benzene rings is 2. The van der Waals surface area contributed by atoms with Gasteiger partial charge in [0.05, 0.1) is 11.8 Å². The van der Waals surface area contributed by atoms with E-state index in [0.717, 1.165) is 157 Å². The number of anilines is 2. The van der Waals surface area contributed by atoms with Crippen LogP contribution in [0.5, 0.6) is 0 Å². The van der Waals surface area contributed by atoms with E-state index in [1.807, 2.05) is 64.2 Å². The van der Waals surface area contributed by atoms with Crippen LogP contribution in [0.1, 0.15) is 193 Å². The number of aliphatic hydroxyl groups excluding tert-OH is 1. The zero-order chi connectivity index (χ0) is 64.4. The zero-order valence-electron chi connectivity index (χ0n) is 55.5. The standard InChI is InChI=1S/C38H54N6O3.C34H45N5O3/c1-8-44(31-13-11-30(12-14-31)42(6)7)36-19-28(27-9-10-29(39-20-27)22-43-16-15-32(45)23-43)18-34(26(36)5)37(46)40-21-35-33(24(2)3)17-25(4)41-38(35)47;1-8-39(28-13-11-27(12-14-28)38(6)7)32-17-25(24-9-10-26(20-40)35-18-24)16-30(23(32)5)33(41)36-19-31-29(21(2)3)15-22(4)37-34(31)42/h9-10,17-20,24,30-32,45H,8,11-16,21-23H2,1-7H3,(H,40,46)(H,41,47);9-10,15-18,20-21,27-28H,8,11-14,19H2,1-7H3,(H,36,41)(H,37,42)/t30?,31?,32-;/m0./s1. The molecule has 1 atom stereocenters. The average Bonchev–Trinajstić information content (AvgIpc) is 1.48. The van der Waals surface area contributed by atoms with Gasteiger partial charge in [-0.25, -0.2) is 0 Å². The van der Waals surface area contributed by atoms with Crippen molar-refractivity contribution in [3.05, 3.63) is 161 Å². The van der Waals surface area contributed by atoms with E-state index in [2.05, 4.69) is 144 Å². The first-order valence-electron chi connectivity index (χ1n) is 32.4. The van der Waals surface area contributed by atoms with Gasteiger partial charge in [-0.2, -0.15) is 0 Å². The number of aryl methyl sites for hydroxylation is 2. The van der Waals surface area contributed by atoms with Gasteiger partial charge in [-0.1, -0.05) is 39.8 Å². The van der Waals surface area contributed by atoms with Crippen LogP contribution in [0.15, 0.2) is 82.6 Å². The number of nitrogens with zero attached hydrogens (tertiary/aromatic N) is 7. The number of amides is 2. The summed E-state index contributed by atoms with van der Waals surface area (Å²) in [4.78, 5) is 91.5. The fourth-order valence-electron chi connectivity index (χ4n) is 13.7. The van der Waals surface area contributed by atoms with Crippen molar-refractivity contribution in [2.75, 3.05) is 64.2 Å². The number of hydrogen-bond acceptors (Lipinski definition) is 13. The predicted octanol–water partition coefficient (Wildman–Crippen LogP) is 11.0. The maximum absolute atomic E-state index is 14.0. The number of aldehydes is 1. The Balaban J connectivity index is 0.000000232. The quantitative estimate of drug-likeness (QED) is 0.0426. The van der Waals surface area contributed by atoms with Crippen LogP contribution in [0.4, 0.5) is 11.4 Å². The number of H-pyrrole nitrogens is 2. The van der Waals surface area contributed by atoms with Gasteiger partial charge in [0.2, 0.25) is 0 Å². The summed E-state index contributed by atoms with van der Waals surface area (Å²) < 4.78 is 0. The average molecular weight is 1210 g/mol. The monoisotopic (exact) mass is 1210 g/mol. The molecule has 4 aromatic heterocycles. The molecule has 0 spiro atoms. The van der Waals surface area contributed by atoms with Gasteiger partial charge in [0.25, 0.3) is 22.9 Å². The van der Waals surface area contributed by atoms with E-state index in [1.165, 1.54) is 0 Å². The van der Waals surface area contributed by atoms with Crippen molar-refractivity contribution in [1.29, 1.82) is 0 Å². The fourth-order valence-corrected chi connectivity index (χ4v) is 13.7. The number of β-amino-alcohol motifs (C(OH)–C–C–N with tert-alkyl or cyclic N) is 1.